The smallest absolute Gasteiger partial charge is 0.0555 e. The van der Waals surface area contributed by atoms with Crippen molar-refractivity contribution in [1.82, 2.24) is 5.32 Å². The van der Waals surface area contributed by atoms with Crippen molar-refractivity contribution in [2.75, 3.05) is 6.54 Å². The molecular formula is C11H23NO. The maximum Gasteiger partial charge on any atom is 0.0555 e. The Hall–Kier alpha value is -0.0800. The summed E-state index contributed by atoms with van der Waals surface area (Å²) >= 11 is 0. The van der Waals surface area contributed by atoms with Gasteiger partial charge in [-0.25, -0.2) is 0 Å². The van der Waals surface area contributed by atoms with Crippen molar-refractivity contribution in [3.63, 3.8) is 0 Å². The summed E-state index contributed by atoms with van der Waals surface area (Å²) in [7, 11) is 0. The van der Waals surface area contributed by atoms with Gasteiger partial charge in [-0.05, 0) is 37.6 Å². The minimum Gasteiger partial charge on any atom is -0.393 e. The minimum atomic E-state index is -0.0811. The highest BCUT2D eigenvalue weighted by Crippen LogP contribution is 2.35. The molecule has 0 aromatic carbocycles. The SMILES string of the molecule is CCCNC1CC(O)CCC1(C)C. The highest BCUT2D eigenvalue weighted by molar-refractivity contribution is 4.90. The fourth-order valence-electron chi connectivity index (χ4n) is 2.10. The molecule has 2 nitrogen and oxygen atoms in total. The van der Waals surface area contributed by atoms with E-state index in [1.165, 1.54) is 6.42 Å². The van der Waals surface area contributed by atoms with Crippen LogP contribution in [0.5, 0.6) is 0 Å². The van der Waals surface area contributed by atoms with Crippen molar-refractivity contribution in [3.8, 4) is 0 Å². The fraction of sp³-hybridized carbons (Fsp3) is 1.00. The molecule has 1 aliphatic carbocycles. The van der Waals surface area contributed by atoms with Crippen LogP contribution in [0.1, 0.15) is 46.5 Å². The third-order valence-electron chi connectivity index (χ3n) is 3.21. The molecule has 2 N–H and O–H groups in total. The van der Waals surface area contributed by atoms with Gasteiger partial charge in [-0.2, -0.15) is 0 Å². The Bertz CT molecular complexity index is 156. The zero-order valence-electron chi connectivity index (χ0n) is 9.14. The van der Waals surface area contributed by atoms with Crippen LogP contribution in [-0.4, -0.2) is 23.8 Å². The molecule has 1 rings (SSSR count). The van der Waals surface area contributed by atoms with E-state index in [1.807, 2.05) is 0 Å². The molecule has 0 spiro atoms. The average molecular weight is 185 g/mol. The van der Waals surface area contributed by atoms with E-state index >= 15 is 0 Å². The standard InChI is InChI=1S/C11H23NO/c1-4-7-12-10-8-9(13)5-6-11(10,2)3/h9-10,12-13H,4-8H2,1-3H3. The van der Waals surface area contributed by atoms with Crippen LogP contribution in [0.4, 0.5) is 0 Å². The largest absolute Gasteiger partial charge is 0.393 e. The van der Waals surface area contributed by atoms with E-state index in [-0.39, 0.29) is 6.10 Å². The molecule has 2 atom stereocenters. The van der Waals surface area contributed by atoms with Crippen LogP contribution < -0.4 is 5.32 Å². The molecule has 1 aliphatic rings. The number of nitrogens with one attached hydrogen (secondary N) is 1. The number of aliphatic hydroxyl groups excluding tert-OH is 1. The van der Waals surface area contributed by atoms with Crippen molar-refractivity contribution in [3.05, 3.63) is 0 Å². The lowest BCUT2D eigenvalue weighted by molar-refractivity contribution is 0.0488. The predicted octanol–water partition coefficient (Wildman–Crippen LogP) is 1.93. The van der Waals surface area contributed by atoms with E-state index in [0.717, 1.165) is 25.8 Å². The zero-order chi connectivity index (χ0) is 9.90. The number of hydrogen-bond acceptors (Lipinski definition) is 2. The monoisotopic (exact) mass is 185 g/mol. The van der Waals surface area contributed by atoms with Crippen molar-refractivity contribution in [2.24, 2.45) is 5.41 Å². The maximum absolute atomic E-state index is 9.57. The van der Waals surface area contributed by atoms with Crippen LogP contribution in [0.3, 0.4) is 0 Å². The summed E-state index contributed by atoms with van der Waals surface area (Å²) in [5.74, 6) is 0. The Morgan fingerprint density at radius 1 is 1.46 bits per heavy atom. The van der Waals surface area contributed by atoms with E-state index in [0.29, 0.717) is 11.5 Å². The molecule has 0 amide bonds. The molecule has 0 aliphatic heterocycles. The first-order chi connectivity index (χ1) is 6.06. The van der Waals surface area contributed by atoms with Gasteiger partial charge in [-0.3, -0.25) is 0 Å². The lowest BCUT2D eigenvalue weighted by Crippen LogP contribution is -2.47. The second-order valence-corrected chi connectivity index (χ2v) is 4.92. The van der Waals surface area contributed by atoms with Crippen LogP contribution in [-0.2, 0) is 0 Å². The van der Waals surface area contributed by atoms with Crippen LogP contribution in [0.2, 0.25) is 0 Å². The summed E-state index contributed by atoms with van der Waals surface area (Å²) < 4.78 is 0. The third-order valence-corrected chi connectivity index (χ3v) is 3.21. The molecule has 13 heavy (non-hydrogen) atoms. The number of aliphatic hydroxyl groups is 1. The second-order valence-electron chi connectivity index (χ2n) is 4.92. The van der Waals surface area contributed by atoms with Gasteiger partial charge in [-0.1, -0.05) is 20.8 Å². The molecule has 0 aromatic rings. The van der Waals surface area contributed by atoms with E-state index in [1.54, 1.807) is 0 Å². The van der Waals surface area contributed by atoms with Crippen molar-refractivity contribution >= 4 is 0 Å². The molecule has 2 heteroatoms. The molecule has 0 bridgehead atoms. The van der Waals surface area contributed by atoms with Gasteiger partial charge < -0.3 is 10.4 Å². The summed E-state index contributed by atoms with van der Waals surface area (Å²) in [6, 6.07) is 0.496. The molecule has 0 heterocycles. The van der Waals surface area contributed by atoms with Gasteiger partial charge in [0.1, 0.15) is 0 Å². The van der Waals surface area contributed by atoms with Crippen LogP contribution >= 0.6 is 0 Å². The maximum atomic E-state index is 9.57. The van der Waals surface area contributed by atoms with Gasteiger partial charge >= 0.3 is 0 Å². The summed E-state index contributed by atoms with van der Waals surface area (Å²) in [6.07, 6.45) is 4.12. The summed E-state index contributed by atoms with van der Waals surface area (Å²) in [5, 5.41) is 13.1. The molecule has 1 saturated carbocycles. The number of hydrogen-bond donors (Lipinski definition) is 2. The molecule has 0 saturated heterocycles. The molecule has 2 unspecified atom stereocenters. The first-order valence-corrected chi connectivity index (χ1v) is 5.47. The minimum absolute atomic E-state index is 0.0811. The van der Waals surface area contributed by atoms with Crippen LogP contribution in [0, 0.1) is 5.41 Å². The van der Waals surface area contributed by atoms with E-state index in [4.69, 9.17) is 0 Å². The lowest BCUT2D eigenvalue weighted by Gasteiger charge is -2.41. The predicted molar refractivity (Wildman–Crippen MR) is 55.7 cm³/mol. The Morgan fingerprint density at radius 2 is 2.15 bits per heavy atom. The molecule has 0 radical (unpaired) electrons. The summed E-state index contributed by atoms with van der Waals surface area (Å²) in [5.41, 5.74) is 0.356. The van der Waals surface area contributed by atoms with Gasteiger partial charge in [0.05, 0.1) is 6.10 Å². The van der Waals surface area contributed by atoms with E-state index < -0.39 is 0 Å². The Morgan fingerprint density at radius 3 is 2.77 bits per heavy atom. The highest BCUT2D eigenvalue weighted by atomic mass is 16.3. The molecular weight excluding hydrogens is 162 g/mol. The van der Waals surface area contributed by atoms with Crippen LogP contribution in [0.15, 0.2) is 0 Å². The van der Waals surface area contributed by atoms with Crippen molar-refractivity contribution < 1.29 is 5.11 Å². The molecule has 1 fully saturated rings. The first kappa shape index (κ1) is 11.0. The van der Waals surface area contributed by atoms with Crippen molar-refractivity contribution in [1.29, 1.82) is 0 Å². The van der Waals surface area contributed by atoms with Gasteiger partial charge in [0.2, 0.25) is 0 Å². The normalized spacial score (nSPS) is 33.2. The van der Waals surface area contributed by atoms with Gasteiger partial charge in [0.25, 0.3) is 0 Å². The molecule has 0 aromatic heterocycles. The Balaban J connectivity index is 2.46. The van der Waals surface area contributed by atoms with Crippen molar-refractivity contribution in [2.45, 2.75) is 58.6 Å². The average Bonchev–Trinajstić information content (AvgIpc) is 2.07. The molecule has 78 valence electrons. The second kappa shape index (κ2) is 4.43. The Kier molecular flexibility index (Phi) is 3.74. The lowest BCUT2D eigenvalue weighted by atomic mass is 9.72. The first-order valence-electron chi connectivity index (χ1n) is 5.47. The zero-order valence-corrected chi connectivity index (χ0v) is 9.14. The van der Waals surface area contributed by atoms with Gasteiger partial charge in [0.15, 0.2) is 0 Å². The summed E-state index contributed by atoms with van der Waals surface area (Å²) in [4.78, 5) is 0. The van der Waals surface area contributed by atoms with Gasteiger partial charge in [-0.15, -0.1) is 0 Å². The quantitative estimate of drug-likeness (QED) is 0.704. The van der Waals surface area contributed by atoms with E-state index in [9.17, 15) is 5.11 Å². The van der Waals surface area contributed by atoms with Crippen LogP contribution in [0.25, 0.3) is 0 Å². The Labute approximate surface area is 81.7 Å². The topological polar surface area (TPSA) is 32.3 Å². The fourth-order valence-corrected chi connectivity index (χ4v) is 2.10. The number of rotatable bonds is 3. The highest BCUT2D eigenvalue weighted by Gasteiger charge is 2.34. The van der Waals surface area contributed by atoms with Gasteiger partial charge in [0, 0.05) is 6.04 Å². The third kappa shape index (κ3) is 2.96. The van der Waals surface area contributed by atoms with E-state index in [2.05, 4.69) is 26.1 Å². The summed E-state index contributed by atoms with van der Waals surface area (Å²) in [6.45, 7) is 7.85.